The van der Waals surface area contributed by atoms with Crippen LogP contribution in [0.2, 0.25) is 0 Å². The number of aromatic nitrogens is 2. The molecule has 1 aliphatic heterocycles. The maximum absolute atomic E-state index is 12.7. The molecule has 2 fully saturated rings. The number of imidazole rings is 1. The van der Waals surface area contributed by atoms with Crippen LogP contribution in [0, 0.1) is 12.8 Å². The third kappa shape index (κ3) is 3.70. The molecule has 2 N–H and O–H groups in total. The van der Waals surface area contributed by atoms with E-state index in [4.69, 9.17) is 4.74 Å². The van der Waals surface area contributed by atoms with Gasteiger partial charge in [-0.1, -0.05) is 12.5 Å². The summed E-state index contributed by atoms with van der Waals surface area (Å²) in [4.78, 5) is 22.8. The predicted octanol–water partition coefficient (Wildman–Crippen LogP) is 1.99. The average molecular weight is 342 g/mol. The van der Waals surface area contributed by atoms with Gasteiger partial charge in [-0.15, -0.1) is 0 Å². The molecule has 1 aromatic heterocycles. The molecule has 1 unspecified atom stereocenters. The number of carbonyl (C=O) groups excluding carboxylic acids is 1. The Morgan fingerprint density at radius 1 is 1.44 bits per heavy atom. The van der Waals surface area contributed by atoms with E-state index in [2.05, 4.69) is 33.2 Å². The second-order valence-corrected chi connectivity index (χ2v) is 7.30. The Kier molecular flexibility index (Phi) is 4.72. The number of aromatic amines is 1. The van der Waals surface area contributed by atoms with Gasteiger partial charge in [0.05, 0.1) is 30.8 Å². The number of hydrogen-bond acceptors (Lipinski definition) is 4. The molecule has 0 radical (unpaired) electrons. The molecular formula is C19H26N4O2. The number of H-pyrrole nitrogens is 1. The molecule has 1 amide bonds. The minimum atomic E-state index is -0.180. The third-order valence-electron chi connectivity index (χ3n) is 5.38. The summed E-state index contributed by atoms with van der Waals surface area (Å²) >= 11 is 0. The summed E-state index contributed by atoms with van der Waals surface area (Å²) in [6.45, 7) is 5.54. The van der Waals surface area contributed by atoms with Crippen molar-refractivity contribution in [2.45, 2.75) is 38.8 Å². The number of rotatable bonds is 5. The molecule has 2 heterocycles. The standard InChI is InChI=1S/C19H26N4O2/c1-13-5-6-15-16(9-13)22-18(21-15)10-20-19(24)17-12-25-8-7-23(17)11-14-3-2-4-14/h5-6,9,14,17H,2-4,7-8,10-12H2,1H3,(H,20,24)(H,21,22). The van der Waals surface area contributed by atoms with Gasteiger partial charge in [0.25, 0.3) is 0 Å². The highest BCUT2D eigenvalue weighted by atomic mass is 16.5. The fourth-order valence-electron chi connectivity index (χ4n) is 3.65. The Morgan fingerprint density at radius 2 is 2.32 bits per heavy atom. The van der Waals surface area contributed by atoms with Crippen LogP contribution in [0.15, 0.2) is 18.2 Å². The largest absolute Gasteiger partial charge is 0.378 e. The topological polar surface area (TPSA) is 70.2 Å². The summed E-state index contributed by atoms with van der Waals surface area (Å²) in [5.41, 5.74) is 3.14. The maximum atomic E-state index is 12.7. The Labute approximate surface area is 147 Å². The minimum absolute atomic E-state index is 0.0376. The smallest absolute Gasteiger partial charge is 0.240 e. The summed E-state index contributed by atoms with van der Waals surface area (Å²) in [5.74, 6) is 1.58. The monoisotopic (exact) mass is 342 g/mol. The van der Waals surface area contributed by atoms with Crippen molar-refractivity contribution in [3.8, 4) is 0 Å². The van der Waals surface area contributed by atoms with Gasteiger partial charge in [0.15, 0.2) is 0 Å². The number of morpholine rings is 1. The van der Waals surface area contributed by atoms with Crippen molar-refractivity contribution in [2.24, 2.45) is 5.92 Å². The minimum Gasteiger partial charge on any atom is -0.378 e. The number of fused-ring (bicyclic) bond motifs is 1. The number of nitrogens with zero attached hydrogens (tertiary/aromatic N) is 2. The van der Waals surface area contributed by atoms with Gasteiger partial charge in [0.1, 0.15) is 11.9 Å². The third-order valence-corrected chi connectivity index (χ3v) is 5.38. The fourth-order valence-corrected chi connectivity index (χ4v) is 3.65. The molecule has 6 nitrogen and oxygen atoms in total. The molecule has 6 heteroatoms. The molecule has 1 aliphatic carbocycles. The van der Waals surface area contributed by atoms with Crippen molar-refractivity contribution in [1.82, 2.24) is 20.2 Å². The Hall–Kier alpha value is -1.92. The SMILES string of the molecule is Cc1ccc2nc(CNC(=O)C3COCCN3CC3CCC3)[nH]c2c1. The van der Waals surface area contributed by atoms with E-state index in [-0.39, 0.29) is 11.9 Å². The molecule has 1 atom stereocenters. The van der Waals surface area contributed by atoms with Gasteiger partial charge in [0.2, 0.25) is 5.91 Å². The zero-order valence-electron chi connectivity index (χ0n) is 14.8. The van der Waals surface area contributed by atoms with E-state index in [9.17, 15) is 4.79 Å². The molecule has 0 bridgehead atoms. The van der Waals surface area contributed by atoms with E-state index in [1.54, 1.807) is 0 Å². The first-order valence-electron chi connectivity index (χ1n) is 9.24. The zero-order chi connectivity index (χ0) is 17.2. The summed E-state index contributed by atoms with van der Waals surface area (Å²) in [7, 11) is 0. The fraction of sp³-hybridized carbons (Fsp3) is 0.579. The first-order valence-corrected chi connectivity index (χ1v) is 9.24. The normalized spacial score (nSPS) is 22.0. The number of nitrogens with one attached hydrogen (secondary N) is 2. The lowest BCUT2D eigenvalue weighted by Gasteiger charge is -2.39. The highest BCUT2D eigenvalue weighted by Crippen LogP contribution is 2.28. The highest BCUT2D eigenvalue weighted by molar-refractivity contribution is 5.82. The molecule has 25 heavy (non-hydrogen) atoms. The number of amides is 1. The van der Waals surface area contributed by atoms with Crippen LogP contribution >= 0.6 is 0 Å². The van der Waals surface area contributed by atoms with Crippen LogP contribution in [-0.2, 0) is 16.1 Å². The summed E-state index contributed by atoms with van der Waals surface area (Å²) < 4.78 is 5.55. The van der Waals surface area contributed by atoms with Gasteiger partial charge >= 0.3 is 0 Å². The molecule has 1 saturated carbocycles. The number of hydrogen-bond donors (Lipinski definition) is 2. The quantitative estimate of drug-likeness (QED) is 0.872. The lowest BCUT2D eigenvalue weighted by Crippen LogP contribution is -2.55. The van der Waals surface area contributed by atoms with Crippen LogP contribution in [0.3, 0.4) is 0 Å². The summed E-state index contributed by atoms with van der Waals surface area (Å²) in [5, 5.41) is 3.03. The van der Waals surface area contributed by atoms with Crippen LogP contribution < -0.4 is 5.32 Å². The van der Waals surface area contributed by atoms with Crippen molar-refractivity contribution in [2.75, 3.05) is 26.3 Å². The van der Waals surface area contributed by atoms with Crippen LogP contribution in [-0.4, -0.2) is 53.1 Å². The van der Waals surface area contributed by atoms with Crippen molar-refractivity contribution in [3.05, 3.63) is 29.6 Å². The van der Waals surface area contributed by atoms with E-state index in [0.717, 1.165) is 42.5 Å². The lowest BCUT2D eigenvalue weighted by molar-refractivity contribution is -0.133. The lowest BCUT2D eigenvalue weighted by atomic mass is 9.84. The highest BCUT2D eigenvalue weighted by Gasteiger charge is 2.32. The molecule has 2 aromatic rings. The molecule has 134 valence electrons. The molecule has 1 aromatic carbocycles. The first kappa shape index (κ1) is 16.5. The van der Waals surface area contributed by atoms with Gasteiger partial charge in [0, 0.05) is 13.1 Å². The molecule has 4 rings (SSSR count). The average Bonchev–Trinajstić information content (AvgIpc) is 2.98. The Bertz CT molecular complexity index is 753. The second kappa shape index (κ2) is 7.14. The van der Waals surface area contributed by atoms with Gasteiger partial charge in [-0.05, 0) is 43.4 Å². The Morgan fingerprint density at radius 3 is 3.12 bits per heavy atom. The van der Waals surface area contributed by atoms with E-state index >= 15 is 0 Å². The number of benzene rings is 1. The van der Waals surface area contributed by atoms with Crippen molar-refractivity contribution < 1.29 is 9.53 Å². The summed E-state index contributed by atoms with van der Waals surface area (Å²) in [6, 6.07) is 5.94. The van der Waals surface area contributed by atoms with Crippen LogP contribution in [0.25, 0.3) is 11.0 Å². The van der Waals surface area contributed by atoms with Crippen molar-refractivity contribution >= 4 is 16.9 Å². The van der Waals surface area contributed by atoms with Gasteiger partial charge in [-0.3, -0.25) is 9.69 Å². The number of carbonyl (C=O) groups is 1. The number of aryl methyl sites for hydroxylation is 1. The van der Waals surface area contributed by atoms with Crippen LogP contribution in [0.4, 0.5) is 0 Å². The Balaban J connectivity index is 1.37. The van der Waals surface area contributed by atoms with Crippen LogP contribution in [0.5, 0.6) is 0 Å². The predicted molar refractivity (Wildman–Crippen MR) is 96.2 cm³/mol. The van der Waals surface area contributed by atoms with E-state index in [1.165, 1.54) is 24.8 Å². The van der Waals surface area contributed by atoms with Crippen molar-refractivity contribution in [3.63, 3.8) is 0 Å². The van der Waals surface area contributed by atoms with Crippen LogP contribution in [0.1, 0.15) is 30.7 Å². The first-order chi connectivity index (χ1) is 12.2. The van der Waals surface area contributed by atoms with E-state index in [0.29, 0.717) is 13.2 Å². The maximum Gasteiger partial charge on any atom is 0.240 e. The van der Waals surface area contributed by atoms with Gasteiger partial charge < -0.3 is 15.0 Å². The zero-order valence-corrected chi connectivity index (χ0v) is 14.8. The van der Waals surface area contributed by atoms with E-state index < -0.39 is 0 Å². The number of ether oxygens (including phenoxy) is 1. The van der Waals surface area contributed by atoms with Gasteiger partial charge in [-0.2, -0.15) is 0 Å². The molecule has 1 saturated heterocycles. The van der Waals surface area contributed by atoms with E-state index in [1.807, 2.05) is 12.1 Å². The summed E-state index contributed by atoms with van der Waals surface area (Å²) in [6.07, 6.45) is 3.92. The second-order valence-electron chi connectivity index (χ2n) is 7.30. The van der Waals surface area contributed by atoms with Crippen molar-refractivity contribution in [1.29, 1.82) is 0 Å². The molecule has 2 aliphatic rings. The van der Waals surface area contributed by atoms with Gasteiger partial charge in [-0.25, -0.2) is 4.98 Å². The molecular weight excluding hydrogens is 316 g/mol. The molecule has 0 spiro atoms.